The van der Waals surface area contributed by atoms with E-state index in [-0.39, 0.29) is 16.1 Å². The molecule has 0 aliphatic rings. The van der Waals surface area contributed by atoms with E-state index in [4.69, 9.17) is 0 Å². The number of hydrogen-bond donors (Lipinski definition) is 2. The Morgan fingerprint density at radius 1 is 1.32 bits per heavy atom. The lowest BCUT2D eigenvalue weighted by Crippen LogP contribution is -2.39. The van der Waals surface area contributed by atoms with Crippen molar-refractivity contribution in [2.24, 2.45) is 5.92 Å². The zero-order valence-electron chi connectivity index (χ0n) is 11.1. The van der Waals surface area contributed by atoms with Crippen molar-refractivity contribution in [3.05, 3.63) is 28.2 Å². The summed E-state index contributed by atoms with van der Waals surface area (Å²) >= 11 is 3.06. The van der Waals surface area contributed by atoms with Crippen LogP contribution in [-0.2, 0) is 4.79 Å². The molecule has 6 heteroatoms. The number of rotatable bonds is 5. The predicted octanol–water partition coefficient (Wildman–Crippen LogP) is 3.30. The zero-order chi connectivity index (χ0) is 14.6. The fraction of sp³-hybridized carbons (Fsp3) is 0.462. The van der Waals surface area contributed by atoms with Crippen LogP contribution >= 0.6 is 15.9 Å². The summed E-state index contributed by atoms with van der Waals surface area (Å²) in [5.74, 6) is -1.31. The molecule has 2 N–H and O–H groups in total. The average Bonchev–Trinajstić information content (AvgIpc) is 2.30. The second kappa shape index (κ2) is 6.84. The Morgan fingerprint density at radius 2 is 1.95 bits per heavy atom. The first kappa shape index (κ1) is 15.9. The molecule has 1 aromatic rings. The van der Waals surface area contributed by atoms with Gasteiger partial charge in [-0.05, 0) is 34.8 Å². The lowest BCUT2D eigenvalue weighted by atomic mass is 10.2. The molecule has 1 amide bonds. The van der Waals surface area contributed by atoms with Gasteiger partial charge in [0.2, 0.25) is 5.91 Å². The number of nitrogens with one attached hydrogen (secondary N) is 2. The van der Waals surface area contributed by atoms with Crippen molar-refractivity contribution in [2.45, 2.75) is 26.8 Å². The van der Waals surface area contributed by atoms with E-state index >= 15 is 0 Å². The minimum Gasteiger partial charge on any atom is -0.371 e. The van der Waals surface area contributed by atoms with Crippen molar-refractivity contribution in [1.82, 2.24) is 5.32 Å². The molecule has 0 fully saturated rings. The normalized spacial score (nSPS) is 12.4. The molecule has 0 aliphatic carbocycles. The van der Waals surface area contributed by atoms with Crippen molar-refractivity contribution in [2.75, 3.05) is 11.9 Å². The number of carbonyl (C=O) groups is 1. The van der Waals surface area contributed by atoms with Gasteiger partial charge in [-0.2, -0.15) is 0 Å². The number of amides is 1. The average molecular weight is 335 g/mol. The fourth-order valence-electron chi connectivity index (χ4n) is 1.42. The predicted molar refractivity (Wildman–Crippen MR) is 75.0 cm³/mol. The maximum Gasteiger partial charge on any atom is 0.242 e. The Bertz CT molecular complexity index is 443. The van der Waals surface area contributed by atoms with Gasteiger partial charge in [0.1, 0.15) is 17.7 Å². The summed E-state index contributed by atoms with van der Waals surface area (Å²) in [6, 6.07) is 1.30. The van der Waals surface area contributed by atoms with Crippen LogP contribution < -0.4 is 10.6 Å². The van der Waals surface area contributed by atoms with Crippen molar-refractivity contribution in [3.63, 3.8) is 0 Å². The summed E-state index contributed by atoms with van der Waals surface area (Å²) < 4.78 is 26.8. The molecule has 0 saturated carbocycles. The summed E-state index contributed by atoms with van der Waals surface area (Å²) in [5.41, 5.74) is 0.0774. The molecule has 0 saturated heterocycles. The zero-order valence-corrected chi connectivity index (χ0v) is 12.6. The summed E-state index contributed by atoms with van der Waals surface area (Å²) in [6.07, 6.45) is 0. The summed E-state index contributed by atoms with van der Waals surface area (Å²) in [4.78, 5) is 11.8. The SMILES string of the molecule is CC(C)CNC(=O)C(C)Nc1c(F)cc(F)cc1Br. The van der Waals surface area contributed by atoms with E-state index in [9.17, 15) is 13.6 Å². The van der Waals surface area contributed by atoms with E-state index in [1.807, 2.05) is 13.8 Å². The quantitative estimate of drug-likeness (QED) is 0.867. The van der Waals surface area contributed by atoms with Crippen LogP contribution in [0.3, 0.4) is 0 Å². The van der Waals surface area contributed by atoms with Crippen LogP contribution in [0.5, 0.6) is 0 Å². The van der Waals surface area contributed by atoms with Gasteiger partial charge in [0.15, 0.2) is 0 Å². The Labute approximate surface area is 119 Å². The summed E-state index contributed by atoms with van der Waals surface area (Å²) in [6.45, 7) is 6.13. The van der Waals surface area contributed by atoms with Gasteiger partial charge in [-0.25, -0.2) is 8.78 Å². The van der Waals surface area contributed by atoms with Crippen LogP contribution in [-0.4, -0.2) is 18.5 Å². The van der Waals surface area contributed by atoms with Crippen molar-refractivity contribution < 1.29 is 13.6 Å². The van der Waals surface area contributed by atoms with E-state index in [1.165, 1.54) is 0 Å². The third kappa shape index (κ3) is 4.78. The van der Waals surface area contributed by atoms with Gasteiger partial charge in [0, 0.05) is 17.1 Å². The van der Waals surface area contributed by atoms with E-state index in [0.29, 0.717) is 12.5 Å². The molecule has 0 aliphatic heterocycles. The van der Waals surface area contributed by atoms with Gasteiger partial charge < -0.3 is 10.6 Å². The standard InChI is InChI=1S/C13H17BrF2N2O/c1-7(2)6-17-13(19)8(3)18-12-10(14)4-9(15)5-11(12)16/h4-5,7-8,18H,6H2,1-3H3,(H,17,19). The highest BCUT2D eigenvalue weighted by Crippen LogP contribution is 2.27. The maximum atomic E-state index is 13.6. The molecule has 0 spiro atoms. The molecule has 3 nitrogen and oxygen atoms in total. The molecule has 0 bridgehead atoms. The highest BCUT2D eigenvalue weighted by atomic mass is 79.9. The van der Waals surface area contributed by atoms with Crippen LogP contribution in [0.15, 0.2) is 16.6 Å². The molecule has 106 valence electrons. The van der Waals surface area contributed by atoms with Crippen LogP contribution in [0, 0.1) is 17.6 Å². The van der Waals surface area contributed by atoms with Crippen LogP contribution in [0.2, 0.25) is 0 Å². The van der Waals surface area contributed by atoms with Crippen molar-refractivity contribution in [3.8, 4) is 0 Å². The molecule has 0 heterocycles. The second-order valence-corrected chi connectivity index (χ2v) is 5.60. The molecular formula is C13H17BrF2N2O. The van der Waals surface area contributed by atoms with E-state index in [1.54, 1.807) is 6.92 Å². The number of hydrogen-bond acceptors (Lipinski definition) is 2. The van der Waals surface area contributed by atoms with Crippen LogP contribution in [0.25, 0.3) is 0 Å². The molecule has 1 atom stereocenters. The lowest BCUT2D eigenvalue weighted by molar-refractivity contribution is -0.121. The molecule has 1 rings (SSSR count). The largest absolute Gasteiger partial charge is 0.371 e. The summed E-state index contributed by atoms with van der Waals surface area (Å²) in [5, 5.41) is 5.47. The Morgan fingerprint density at radius 3 is 2.47 bits per heavy atom. The molecule has 19 heavy (non-hydrogen) atoms. The molecule has 0 radical (unpaired) electrons. The van der Waals surface area contributed by atoms with Crippen molar-refractivity contribution in [1.29, 1.82) is 0 Å². The molecule has 1 aromatic carbocycles. The van der Waals surface area contributed by atoms with Crippen molar-refractivity contribution >= 4 is 27.5 Å². The first-order chi connectivity index (χ1) is 8.81. The third-order valence-electron chi connectivity index (χ3n) is 2.45. The summed E-state index contributed by atoms with van der Waals surface area (Å²) in [7, 11) is 0. The Kier molecular flexibility index (Phi) is 5.72. The molecular weight excluding hydrogens is 318 g/mol. The van der Waals surface area contributed by atoms with E-state index in [0.717, 1.165) is 12.1 Å². The van der Waals surface area contributed by atoms with Gasteiger partial charge in [-0.3, -0.25) is 4.79 Å². The van der Waals surface area contributed by atoms with Gasteiger partial charge in [-0.15, -0.1) is 0 Å². The maximum absolute atomic E-state index is 13.6. The second-order valence-electron chi connectivity index (χ2n) is 4.75. The first-order valence-electron chi connectivity index (χ1n) is 6.00. The Balaban J connectivity index is 2.71. The van der Waals surface area contributed by atoms with Gasteiger partial charge in [-0.1, -0.05) is 13.8 Å². The monoisotopic (exact) mass is 334 g/mol. The number of halogens is 3. The van der Waals surface area contributed by atoms with Gasteiger partial charge in [0.05, 0.1) is 5.69 Å². The topological polar surface area (TPSA) is 41.1 Å². The first-order valence-corrected chi connectivity index (χ1v) is 6.79. The fourth-order valence-corrected chi connectivity index (χ4v) is 1.94. The van der Waals surface area contributed by atoms with Crippen LogP contribution in [0.4, 0.5) is 14.5 Å². The highest BCUT2D eigenvalue weighted by Gasteiger charge is 2.17. The minimum absolute atomic E-state index is 0.0774. The number of anilines is 1. The highest BCUT2D eigenvalue weighted by molar-refractivity contribution is 9.10. The Hall–Kier alpha value is -1.17. The number of benzene rings is 1. The van der Waals surface area contributed by atoms with Gasteiger partial charge >= 0.3 is 0 Å². The smallest absolute Gasteiger partial charge is 0.242 e. The minimum atomic E-state index is -0.740. The van der Waals surface area contributed by atoms with E-state index in [2.05, 4.69) is 26.6 Å². The number of carbonyl (C=O) groups excluding carboxylic acids is 1. The molecule has 0 aromatic heterocycles. The lowest BCUT2D eigenvalue weighted by Gasteiger charge is -2.17. The van der Waals surface area contributed by atoms with Gasteiger partial charge in [0.25, 0.3) is 0 Å². The van der Waals surface area contributed by atoms with E-state index < -0.39 is 17.7 Å². The van der Waals surface area contributed by atoms with Crippen LogP contribution in [0.1, 0.15) is 20.8 Å². The third-order valence-corrected chi connectivity index (χ3v) is 3.07. The molecule has 1 unspecified atom stereocenters.